The van der Waals surface area contributed by atoms with Crippen LogP contribution in [0.5, 0.6) is 0 Å². The summed E-state index contributed by atoms with van der Waals surface area (Å²) in [4.78, 5) is 12.4. The Labute approximate surface area is 165 Å². The maximum atomic E-state index is 12.4. The number of thioether (sulfide) groups is 1. The first-order chi connectivity index (χ1) is 12.5. The van der Waals surface area contributed by atoms with Crippen molar-refractivity contribution in [2.75, 3.05) is 11.1 Å². The van der Waals surface area contributed by atoms with E-state index >= 15 is 0 Å². The standard InChI is InChI=1S/C20H18BrN3OS/c1-12-6-8-16(9-7-12)24-20-18(13(2)23-24)19(26-11-17(25)22-20)14-4-3-5-15(21)10-14/h3-10,19H,11H2,1-2H3,(H,22,25)/t19-/m0/s1. The molecular weight excluding hydrogens is 410 g/mol. The van der Waals surface area contributed by atoms with E-state index in [0.717, 1.165) is 32.8 Å². The van der Waals surface area contributed by atoms with Crippen LogP contribution >= 0.6 is 27.7 Å². The number of benzene rings is 2. The zero-order valence-corrected chi connectivity index (χ0v) is 16.9. The van der Waals surface area contributed by atoms with Crippen LogP contribution in [0.3, 0.4) is 0 Å². The lowest BCUT2D eigenvalue weighted by Gasteiger charge is -2.15. The Balaban J connectivity index is 1.89. The molecule has 6 heteroatoms. The molecule has 0 aliphatic carbocycles. The van der Waals surface area contributed by atoms with E-state index in [1.54, 1.807) is 11.8 Å². The second kappa shape index (κ2) is 6.93. The monoisotopic (exact) mass is 427 g/mol. The topological polar surface area (TPSA) is 46.9 Å². The molecule has 3 aromatic rings. The van der Waals surface area contributed by atoms with Gasteiger partial charge in [0.2, 0.25) is 5.91 Å². The molecule has 0 bridgehead atoms. The first-order valence-corrected chi connectivity index (χ1v) is 10.2. The summed E-state index contributed by atoms with van der Waals surface area (Å²) in [5, 5.41) is 7.87. The summed E-state index contributed by atoms with van der Waals surface area (Å²) >= 11 is 5.19. The summed E-state index contributed by atoms with van der Waals surface area (Å²) in [5.74, 6) is 1.19. The van der Waals surface area contributed by atoms with Crippen molar-refractivity contribution >= 4 is 39.4 Å². The molecule has 4 rings (SSSR count). The highest BCUT2D eigenvalue weighted by Gasteiger charge is 2.30. The van der Waals surface area contributed by atoms with Crippen LogP contribution < -0.4 is 5.32 Å². The van der Waals surface area contributed by atoms with Crippen LogP contribution in [0.4, 0.5) is 5.82 Å². The predicted molar refractivity (Wildman–Crippen MR) is 110 cm³/mol. The molecule has 0 saturated carbocycles. The van der Waals surface area contributed by atoms with Gasteiger partial charge in [-0.2, -0.15) is 5.10 Å². The number of nitrogens with zero attached hydrogens (tertiary/aromatic N) is 2. The van der Waals surface area contributed by atoms with E-state index in [1.807, 2.05) is 35.9 Å². The van der Waals surface area contributed by atoms with Gasteiger partial charge in [-0.15, -0.1) is 11.8 Å². The van der Waals surface area contributed by atoms with Gasteiger partial charge in [0, 0.05) is 10.0 Å². The second-order valence-corrected chi connectivity index (χ2v) is 8.40. The summed E-state index contributed by atoms with van der Waals surface area (Å²) < 4.78 is 2.88. The van der Waals surface area contributed by atoms with Gasteiger partial charge in [-0.3, -0.25) is 4.79 Å². The fourth-order valence-electron chi connectivity index (χ4n) is 3.19. The summed E-state index contributed by atoms with van der Waals surface area (Å²) in [6.45, 7) is 4.06. The Morgan fingerprint density at radius 2 is 1.96 bits per heavy atom. The molecule has 1 aromatic heterocycles. The maximum Gasteiger partial charge on any atom is 0.235 e. The molecule has 0 radical (unpaired) electrons. The molecule has 1 amide bonds. The molecule has 1 N–H and O–H groups in total. The van der Waals surface area contributed by atoms with E-state index < -0.39 is 0 Å². The van der Waals surface area contributed by atoms with Crippen LogP contribution in [0.1, 0.15) is 27.6 Å². The van der Waals surface area contributed by atoms with E-state index in [-0.39, 0.29) is 11.2 Å². The molecule has 0 fully saturated rings. The highest BCUT2D eigenvalue weighted by molar-refractivity contribution is 9.10. The predicted octanol–water partition coefficient (Wildman–Crippen LogP) is 5.03. The van der Waals surface area contributed by atoms with E-state index in [4.69, 9.17) is 5.10 Å². The fraction of sp³-hybridized carbons (Fsp3) is 0.200. The lowest BCUT2D eigenvalue weighted by atomic mass is 10.0. The first-order valence-electron chi connectivity index (χ1n) is 8.36. The Bertz CT molecular complexity index is 981. The molecule has 0 unspecified atom stereocenters. The van der Waals surface area contributed by atoms with Crippen molar-refractivity contribution in [3.63, 3.8) is 0 Å². The third kappa shape index (κ3) is 3.19. The fourth-order valence-corrected chi connectivity index (χ4v) is 4.78. The molecule has 0 spiro atoms. The molecule has 4 nitrogen and oxygen atoms in total. The number of halogens is 1. The number of amides is 1. The van der Waals surface area contributed by atoms with Crippen molar-refractivity contribution in [2.24, 2.45) is 0 Å². The average molecular weight is 428 g/mol. The minimum atomic E-state index is 0.00186. The smallest absolute Gasteiger partial charge is 0.235 e. The number of anilines is 1. The van der Waals surface area contributed by atoms with Gasteiger partial charge in [-0.05, 0) is 43.7 Å². The van der Waals surface area contributed by atoms with E-state index in [1.165, 1.54) is 5.56 Å². The highest BCUT2D eigenvalue weighted by Crippen LogP contribution is 2.44. The normalized spacial score (nSPS) is 16.7. The van der Waals surface area contributed by atoms with Crippen LogP contribution in [0, 0.1) is 13.8 Å². The molecule has 1 atom stereocenters. The SMILES string of the molecule is Cc1ccc(-n2nc(C)c3c2NC(=O)CS[C@H]3c2cccc(Br)c2)cc1. The minimum Gasteiger partial charge on any atom is -0.310 e. The van der Waals surface area contributed by atoms with Crippen LogP contribution in [0.2, 0.25) is 0 Å². The Hall–Kier alpha value is -2.05. The van der Waals surface area contributed by atoms with Gasteiger partial charge in [0.25, 0.3) is 0 Å². The summed E-state index contributed by atoms with van der Waals surface area (Å²) in [6, 6.07) is 16.4. The summed E-state index contributed by atoms with van der Waals surface area (Å²) in [5.41, 5.74) is 5.30. The number of carbonyl (C=O) groups is 1. The van der Waals surface area contributed by atoms with Gasteiger partial charge < -0.3 is 5.32 Å². The highest BCUT2D eigenvalue weighted by atomic mass is 79.9. The van der Waals surface area contributed by atoms with E-state index in [9.17, 15) is 4.79 Å². The minimum absolute atomic E-state index is 0.00186. The molecule has 1 aliphatic rings. The molecule has 1 aliphatic heterocycles. The number of nitrogens with one attached hydrogen (secondary N) is 1. The maximum absolute atomic E-state index is 12.4. The zero-order chi connectivity index (χ0) is 18.3. The van der Waals surface area contributed by atoms with Gasteiger partial charge in [0.1, 0.15) is 5.82 Å². The Kier molecular flexibility index (Phi) is 4.63. The van der Waals surface area contributed by atoms with Crippen molar-refractivity contribution < 1.29 is 4.79 Å². The van der Waals surface area contributed by atoms with Crippen LogP contribution in [-0.2, 0) is 4.79 Å². The molecule has 132 valence electrons. The number of rotatable bonds is 2. The molecular formula is C20H18BrN3OS. The van der Waals surface area contributed by atoms with Gasteiger partial charge in [0.15, 0.2) is 0 Å². The average Bonchev–Trinajstić information content (AvgIpc) is 2.82. The van der Waals surface area contributed by atoms with Gasteiger partial charge in [-0.1, -0.05) is 45.8 Å². The lowest BCUT2D eigenvalue weighted by Crippen LogP contribution is -2.15. The summed E-state index contributed by atoms with van der Waals surface area (Å²) in [6.07, 6.45) is 0. The summed E-state index contributed by atoms with van der Waals surface area (Å²) in [7, 11) is 0. The van der Waals surface area contributed by atoms with Crippen LogP contribution in [0.15, 0.2) is 53.0 Å². The second-order valence-electron chi connectivity index (χ2n) is 6.39. The third-order valence-corrected chi connectivity index (χ3v) is 6.20. The quantitative estimate of drug-likeness (QED) is 0.623. The van der Waals surface area contributed by atoms with E-state index in [2.05, 4.69) is 52.4 Å². The van der Waals surface area contributed by atoms with Crippen molar-refractivity contribution in [3.8, 4) is 5.69 Å². The van der Waals surface area contributed by atoms with E-state index in [0.29, 0.717) is 5.75 Å². The van der Waals surface area contributed by atoms with Gasteiger partial charge >= 0.3 is 0 Å². The van der Waals surface area contributed by atoms with Gasteiger partial charge in [0.05, 0.1) is 22.4 Å². The number of carbonyl (C=O) groups excluding carboxylic acids is 1. The van der Waals surface area contributed by atoms with Crippen molar-refractivity contribution in [1.29, 1.82) is 0 Å². The first kappa shape index (κ1) is 17.4. The molecule has 26 heavy (non-hydrogen) atoms. The number of hydrogen-bond donors (Lipinski definition) is 1. The van der Waals surface area contributed by atoms with Crippen LogP contribution in [-0.4, -0.2) is 21.4 Å². The van der Waals surface area contributed by atoms with Crippen molar-refractivity contribution in [3.05, 3.63) is 75.4 Å². The molecule has 2 aromatic carbocycles. The van der Waals surface area contributed by atoms with Gasteiger partial charge in [-0.25, -0.2) is 4.68 Å². The number of aromatic nitrogens is 2. The lowest BCUT2D eigenvalue weighted by molar-refractivity contribution is -0.113. The molecule has 0 saturated heterocycles. The number of hydrogen-bond acceptors (Lipinski definition) is 3. The Morgan fingerprint density at radius 1 is 1.19 bits per heavy atom. The third-order valence-electron chi connectivity index (χ3n) is 4.44. The molecule has 2 heterocycles. The number of aryl methyl sites for hydroxylation is 2. The largest absolute Gasteiger partial charge is 0.310 e. The van der Waals surface area contributed by atoms with Crippen LogP contribution in [0.25, 0.3) is 5.69 Å². The Morgan fingerprint density at radius 3 is 2.69 bits per heavy atom. The zero-order valence-electron chi connectivity index (χ0n) is 14.5. The van der Waals surface area contributed by atoms with Crippen molar-refractivity contribution in [1.82, 2.24) is 9.78 Å². The number of fused-ring (bicyclic) bond motifs is 1. The van der Waals surface area contributed by atoms with Crippen molar-refractivity contribution in [2.45, 2.75) is 19.1 Å².